The second kappa shape index (κ2) is 6.68. The summed E-state index contributed by atoms with van der Waals surface area (Å²) in [5.74, 6) is -0.0757. The highest BCUT2D eigenvalue weighted by molar-refractivity contribution is 5.92. The summed E-state index contributed by atoms with van der Waals surface area (Å²) >= 11 is 0. The van der Waals surface area contributed by atoms with Gasteiger partial charge in [0.2, 0.25) is 5.91 Å². The molecule has 0 aliphatic heterocycles. The number of amides is 1. The van der Waals surface area contributed by atoms with E-state index in [0.29, 0.717) is 0 Å². The molecule has 0 aromatic heterocycles. The van der Waals surface area contributed by atoms with Gasteiger partial charge < -0.3 is 10.4 Å². The maximum absolute atomic E-state index is 11.9. The topological polar surface area (TPSA) is 52.6 Å². The molecule has 0 aliphatic rings. The van der Waals surface area contributed by atoms with E-state index in [4.69, 9.17) is 0 Å². The predicted octanol–water partition coefficient (Wildman–Crippen LogP) is 1.89. The van der Waals surface area contributed by atoms with E-state index in [0.717, 1.165) is 12.1 Å². The first kappa shape index (κ1) is 15.7. The van der Waals surface area contributed by atoms with E-state index >= 15 is 0 Å². The van der Waals surface area contributed by atoms with Gasteiger partial charge in [-0.05, 0) is 45.0 Å². The molecule has 0 bridgehead atoms. The van der Waals surface area contributed by atoms with Crippen molar-refractivity contribution in [3.63, 3.8) is 0 Å². The normalized spacial score (nSPS) is 11.7. The number of hydrogen-bond donors (Lipinski definition) is 2. The Morgan fingerprint density at radius 3 is 2.37 bits per heavy atom. The summed E-state index contributed by atoms with van der Waals surface area (Å²) in [6, 6.07) is 7.84. The zero-order valence-corrected chi connectivity index (χ0v) is 12.2. The van der Waals surface area contributed by atoms with Gasteiger partial charge in [-0.15, -0.1) is 0 Å². The molecule has 0 unspecified atom stereocenters. The molecule has 0 saturated heterocycles. The highest BCUT2D eigenvalue weighted by atomic mass is 16.3. The fourth-order valence-electron chi connectivity index (χ4n) is 1.57. The van der Waals surface area contributed by atoms with Gasteiger partial charge in [0.25, 0.3) is 0 Å². The first-order valence-electron chi connectivity index (χ1n) is 6.60. The first-order valence-corrected chi connectivity index (χ1v) is 6.60. The molecule has 0 spiro atoms. The Morgan fingerprint density at radius 1 is 1.32 bits per heavy atom. The molecule has 0 radical (unpaired) electrons. The maximum atomic E-state index is 11.9. The fraction of sp³-hybridized carbons (Fsp3) is 0.533. The van der Waals surface area contributed by atoms with Gasteiger partial charge in [-0.2, -0.15) is 0 Å². The molecule has 4 nitrogen and oxygen atoms in total. The summed E-state index contributed by atoms with van der Waals surface area (Å²) in [5, 5.41) is 12.1. The molecule has 2 N–H and O–H groups in total. The van der Waals surface area contributed by atoms with Crippen LogP contribution in [-0.4, -0.2) is 41.7 Å². The van der Waals surface area contributed by atoms with Gasteiger partial charge in [-0.1, -0.05) is 19.1 Å². The number of nitrogens with zero attached hydrogens (tertiary/aromatic N) is 1. The van der Waals surface area contributed by atoms with Crippen molar-refractivity contribution in [1.82, 2.24) is 4.90 Å². The number of aryl methyl sites for hydroxylation is 1. The van der Waals surface area contributed by atoms with Gasteiger partial charge in [0.1, 0.15) is 0 Å². The largest absolute Gasteiger partial charge is 0.394 e. The number of carbonyl (C=O) groups is 1. The van der Waals surface area contributed by atoms with Gasteiger partial charge in [0, 0.05) is 11.2 Å². The van der Waals surface area contributed by atoms with E-state index in [1.54, 1.807) is 0 Å². The molecule has 1 aromatic rings. The van der Waals surface area contributed by atoms with Crippen LogP contribution in [0.15, 0.2) is 24.3 Å². The highest BCUT2D eigenvalue weighted by Gasteiger charge is 2.24. The summed E-state index contributed by atoms with van der Waals surface area (Å²) in [5.41, 5.74) is 1.65. The standard InChI is InChI=1S/C15H24N2O2/c1-5-12-6-8-13(9-7-12)16-14(19)10-17(4)15(2,3)11-18/h6-9,18H,5,10-11H2,1-4H3,(H,16,19). The molecule has 106 valence electrons. The third-order valence-electron chi connectivity index (χ3n) is 3.45. The number of rotatable bonds is 6. The van der Waals surface area contributed by atoms with Crippen molar-refractivity contribution in [2.75, 3.05) is 25.5 Å². The summed E-state index contributed by atoms with van der Waals surface area (Å²) in [4.78, 5) is 13.7. The number of likely N-dealkylation sites (N-methyl/N-ethyl adjacent to an activating group) is 1. The molecule has 19 heavy (non-hydrogen) atoms. The van der Waals surface area contributed by atoms with Crippen molar-refractivity contribution >= 4 is 11.6 Å². The second-order valence-corrected chi connectivity index (χ2v) is 5.43. The molecule has 0 atom stereocenters. The minimum atomic E-state index is -0.399. The van der Waals surface area contributed by atoms with Crippen LogP contribution in [-0.2, 0) is 11.2 Å². The minimum Gasteiger partial charge on any atom is -0.394 e. The monoisotopic (exact) mass is 264 g/mol. The summed E-state index contributed by atoms with van der Waals surface area (Å²) in [6.07, 6.45) is 0.988. The number of benzene rings is 1. The van der Waals surface area contributed by atoms with Crippen LogP contribution in [0.25, 0.3) is 0 Å². The number of aliphatic hydroxyl groups excluding tert-OH is 1. The van der Waals surface area contributed by atoms with E-state index in [1.807, 2.05) is 50.1 Å². The Hall–Kier alpha value is -1.39. The van der Waals surface area contributed by atoms with Gasteiger partial charge in [-0.25, -0.2) is 0 Å². The zero-order valence-electron chi connectivity index (χ0n) is 12.2. The van der Waals surface area contributed by atoms with Crippen LogP contribution in [0.1, 0.15) is 26.3 Å². The van der Waals surface area contributed by atoms with Crippen molar-refractivity contribution in [3.8, 4) is 0 Å². The summed E-state index contributed by atoms with van der Waals surface area (Å²) < 4.78 is 0. The molecule has 0 aliphatic carbocycles. The summed E-state index contributed by atoms with van der Waals surface area (Å²) in [7, 11) is 1.83. The van der Waals surface area contributed by atoms with Gasteiger partial charge >= 0.3 is 0 Å². The zero-order chi connectivity index (χ0) is 14.5. The maximum Gasteiger partial charge on any atom is 0.238 e. The molecular weight excluding hydrogens is 240 g/mol. The predicted molar refractivity (Wildman–Crippen MR) is 78.2 cm³/mol. The molecule has 0 heterocycles. The highest BCUT2D eigenvalue weighted by Crippen LogP contribution is 2.12. The van der Waals surface area contributed by atoms with Crippen molar-refractivity contribution in [2.45, 2.75) is 32.7 Å². The van der Waals surface area contributed by atoms with Crippen LogP contribution < -0.4 is 5.32 Å². The second-order valence-electron chi connectivity index (χ2n) is 5.43. The van der Waals surface area contributed by atoms with Crippen molar-refractivity contribution in [3.05, 3.63) is 29.8 Å². The van der Waals surface area contributed by atoms with Crippen LogP contribution >= 0.6 is 0 Å². The fourth-order valence-corrected chi connectivity index (χ4v) is 1.57. The lowest BCUT2D eigenvalue weighted by Crippen LogP contribution is -2.47. The Morgan fingerprint density at radius 2 is 1.89 bits per heavy atom. The van der Waals surface area contributed by atoms with E-state index < -0.39 is 5.54 Å². The van der Waals surface area contributed by atoms with E-state index in [-0.39, 0.29) is 19.1 Å². The SMILES string of the molecule is CCc1ccc(NC(=O)CN(C)C(C)(C)CO)cc1. The third-order valence-corrected chi connectivity index (χ3v) is 3.45. The number of nitrogens with one attached hydrogen (secondary N) is 1. The minimum absolute atomic E-state index is 0.0159. The van der Waals surface area contributed by atoms with E-state index in [2.05, 4.69) is 12.2 Å². The lowest BCUT2D eigenvalue weighted by atomic mass is 10.1. The van der Waals surface area contributed by atoms with Crippen LogP contribution in [0.2, 0.25) is 0 Å². The Balaban J connectivity index is 2.55. The Bertz CT molecular complexity index is 413. The smallest absolute Gasteiger partial charge is 0.238 e. The molecular formula is C15H24N2O2. The lowest BCUT2D eigenvalue weighted by Gasteiger charge is -2.33. The number of carbonyl (C=O) groups excluding carboxylic acids is 1. The van der Waals surface area contributed by atoms with Crippen molar-refractivity contribution in [1.29, 1.82) is 0 Å². The number of aliphatic hydroxyl groups is 1. The summed E-state index contributed by atoms with van der Waals surface area (Å²) in [6.45, 7) is 6.16. The van der Waals surface area contributed by atoms with E-state index in [1.165, 1.54) is 5.56 Å². The average Bonchev–Trinajstić information content (AvgIpc) is 2.39. The first-order chi connectivity index (χ1) is 8.89. The Kier molecular flexibility index (Phi) is 5.51. The van der Waals surface area contributed by atoms with Crippen LogP contribution in [0, 0.1) is 0 Å². The van der Waals surface area contributed by atoms with Gasteiger partial charge in [0.05, 0.1) is 13.2 Å². The Labute approximate surface area is 115 Å². The van der Waals surface area contributed by atoms with Crippen LogP contribution in [0.3, 0.4) is 0 Å². The van der Waals surface area contributed by atoms with Crippen molar-refractivity contribution < 1.29 is 9.90 Å². The molecule has 1 aromatic carbocycles. The number of anilines is 1. The van der Waals surface area contributed by atoms with Gasteiger partial charge in [0.15, 0.2) is 0 Å². The van der Waals surface area contributed by atoms with E-state index in [9.17, 15) is 9.90 Å². The average molecular weight is 264 g/mol. The molecule has 1 rings (SSSR count). The molecule has 1 amide bonds. The van der Waals surface area contributed by atoms with Crippen LogP contribution in [0.4, 0.5) is 5.69 Å². The lowest BCUT2D eigenvalue weighted by molar-refractivity contribution is -0.118. The molecule has 0 saturated carbocycles. The quantitative estimate of drug-likeness (QED) is 0.825. The van der Waals surface area contributed by atoms with Gasteiger partial charge in [-0.3, -0.25) is 9.69 Å². The van der Waals surface area contributed by atoms with Crippen molar-refractivity contribution in [2.24, 2.45) is 0 Å². The molecule has 0 fully saturated rings. The molecule has 4 heteroatoms. The van der Waals surface area contributed by atoms with Crippen LogP contribution in [0.5, 0.6) is 0 Å². The third kappa shape index (κ3) is 4.65. The number of hydrogen-bond acceptors (Lipinski definition) is 3.